The summed E-state index contributed by atoms with van der Waals surface area (Å²) >= 11 is 0. The Balaban J connectivity index is 2.54. The molecular weight excluding hydrogens is 242 g/mol. The zero-order chi connectivity index (χ0) is 13.9. The molecule has 0 saturated heterocycles. The molecule has 4 nitrogen and oxygen atoms in total. The molecule has 0 heterocycles. The third-order valence-electron chi connectivity index (χ3n) is 2.72. The maximum absolute atomic E-state index is 9.01. The first kappa shape index (κ1) is 15.8. The Labute approximate surface area is 115 Å². The summed E-state index contributed by atoms with van der Waals surface area (Å²) in [4.78, 5) is 0. The van der Waals surface area contributed by atoms with Gasteiger partial charge in [0.15, 0.2) is 11.5 Å². The quantitative estimate of drug-likeness (QED) is 0.682. The summed E-state index contributed by atoms with van der Waals surface area (Å²) in [6.45, 7) is 6.36. The van der Waals surface area contributed by atoms with E-state index in [2.05, 4.69) is 12.2 Å². The highest BCUT2D eigenvalue weighted by molar-refractivity contribution is 5.39. The molecule has 0 amide bonds. The van der Waals surface area contributed by atoms with Gasteiger partial charge in [0.25, 0.3) is 0 Å². The maximum atomic E-state index is 9.01. The molecule has 0 spiro atoms. The fourth-order valence-electron chi connectivity index (χ4n) is 1.78. The molecule has 108 valence electrons. The summed E-state index contributed by atoms with van der Waals surface area (Å²) in [5.74, 6) is 1.54. The maximum Gasteiger partial charge on any atom is 0.161 e. The van der Waals surface area contributed by atoms with Crippen molar-refractivity contribution in [2.45, 2.75) is 32.7 Å². The van der Waals surface area contributed by atoms with E-state index in [4.69, 9.17) is 14.6 Å². The fraction of sp³-hybridized carbons (Fsp3) is 0.600. The molecule has 0 aliphatic rings. The van der Waals surface area contributed by atoms with E-state index in [1.165, 1.54) is 0 Å². The Morgan fingerprint density at radius 3 is 2.42 bits per heavy atom. The molecule has 0 aromatic heterocycles. The monoisotopic (exact) mass is 267 g/mol. The number of rotatable bonds is 10. The smallest absolute Gasteiger partial charge is 0.161 e. The van der Waals surface area contributed by atoms with Crippen LogP contribution >= 0.6 is 0 Å². The summed E-state index contributed by atoms with van der Waals surface area (Å²) in [5, 5.41) is 12.3. The molecule has 0 aliphatic heterocycles. The number of hydrogen-bond donors (Lipinski definition) is 2. The average molecular weight is 267 g/mol. The van der Waals surface area contributed by atoms with Gasteiger partial charge < -0.3 is 19.9 Å². The van der Waals surface area contributed by atoms with E-state index in [0.29, 0.717) is 19.6 Å². The molecule has 0 saturated carbocycles. The number of nitrogens with one attached hydrogen (secondary N) is 1. The first-order valence-electron chi connectivity index (χ1n) is 7.00. The highest BCUT2D eigenvalue weighted by Crippen LogP contribution is 2.26. The highest BCUT2D eigenvalue weighted by Gasteiger charge is 2.10. The zero-order valence-corrected chi connectivity index (χ0v) is 11.9. The van der Waals surface area contributed by atoms with Crippen molar-refractivity contribution >= 4 is 0 Å². The van der Waals surface area contributed by atoms with E-state index in [0.717, 1.165) is 24.5 Å². The van der Waals surface area contributed by atoms with E-state index in [9.17, 15) is 0 Å². The number of benzene rings is 1. The van der Waals surface area contributed by atoms with Gasteiger partial charge in [-0.25, -0.2) is 0 Å². The van der Waals surface area contributed by atoms with Crippen LogP contribution in [-0.2, 0) is 0 Å². The zero-order valence-electron chi connectivity index (χ0n) is 11.9. The van der Waals surface area contributed by atoms with Crippen molar-refractivity contribution in [3.63, 3.8) is 0 Å². The summed E-state index contributed by atoms with van der Waals surface area (Å²) in [6, 6.07) is 7.86. The Morgan fingerprint density at radius 2 is 1.84 bits per heavy atom. The predicted octanol–water partition coefficient (Wildman–Crippen LogP) is 2.21. The van der Waals surface area contributed by atoms with Gasteiger partial charge in [0.1, 0.15) is 6.61 Å². The number of para-hydroxylation sites is 2. The van der Waals surface area contributed by atoms with E-state index < -0.39 is 0 Å². The third kappa shape index (κ3) is 5.94. The SMILES string of the molecule is CCCOc1ccccc1OCC(CCO)NCC. The Kier molecular flexibility index (Phi) is 8.02. The van der Waals surface area contributed by atoms with Gasteiger partial charge >= 0.3 is 0 Å². The van der Waals surface area contributed by atoms with Crippen LogP contribution in [0.15, 0.2) is 24.3 Å². The number of likely N-dealkylation sites (N-methyl/N-ethyl adjacent to an activating group) is 1. The lowest BCUT2D eigenvalue weighted by Gasteiger charge is -2.19. The summed E-state index contributed by atoms with van der Waals surface area (Å²) < 4.78 is 11.4. The van der Waals surface area contributed by atoms with Crippen LogP contribution in [0.3, 0.4) is 0 Å². The van der Waals surface area contributed by atoms with Gasteiger partial charge in [-0.3, -0.25) is 0 Å². The Bertz CT molecular complexity index is 338. The predicted molar refractivity (Wildman–Crippen MR) is 76.9 cm³/mol. The molecule has 0 bridgehead atoms. The molecule has 1 aromatic rings. The van der Waals surface area contributed by atoms with Gasteiger partial charge in [-0.05, 0) is 31.5 Å². The first-order valence-corrected chi connectivity index (χ1v) is 7.00. The van der Waals surface area contributed by atoms with Crippen LogP contribution in [0.4, 0.5) is 0 Å². The van der Waals surface area contributed by atoms with Gasteiger partial charge in [-0.2, -0.15) is 0 Å². The number of hydrogen-bond acceptors (Lipinski definition) is 4. The molecule has 1 aromatic carbocycles. The fourth-order valence-corrected chi connectivity index (χ4v) is 1.78. The molecule has 0 aliphatic carbocycles. The third-order valence-corrected chi connectivity index (χ3v) is 2.72. The normalized spacial score (nSPS) is 12.2. The van der Waals surface area contributed by atoms with E-state index in [1.807, 2.05) is 31.2 Å². The van der Waals surface area contributed by atoms with Crippen LogP contribution in [0, 0.1) is 0 Å². The average Bonchev–Trinajstić information content (AvgIpc) is 2.44. The van der Waals surface area contributed by atoms with Gasteiger partial charge in [0.05, 0.1) is 6.61 Å². The minimum atomic E-state index is 0.161. The molecule has 19 heavy (non-hydrogen) atoms. The minimum absolute atomic E-state index is 0.161. The Morgan fingerprint density at radius 1 is 1.16 bits per heavy atom. The molecule has 2 N–H and O–H groups in total. The highest BCUT2D eigenvalue weighted by atomic mass is 16.5. The van der Waals surface area contributed by atoms with Crippen molar-refractivity contribution < 1.29 is 14.6 Å². The van der Waals surface area contributed by atoms with Crippen LogP contribution in [0.5, 0.6) is 11.5 Å². The van der Waals surface area contributed by atoms with Crippen LogP contribution in [0.1, 0.15) is 26.7 Å². The second-order valence-corrected chi connectivity index (χ2v) is 4.37. The standard InChI is InChI=1S/C15H25NO3/c1-3-11-18-14-7-5-6-8-15(14)19-12-13(9-10-17)16-4-2/h5-8,13,16-17H,3-4,9-12H2,1-2H3. The van der Waals surface area contributed by atoms with Gasteiger partial charge in [0.2, 0.25) is 0 Å². The topological polar surface area (TPSA) is 50.7 Å². The molecule has 1 atom stereocenters. The first-order chi connectivity index (χ1) is 9.31. The van der Waals surface area contributed by atoms with Crippen LogP contribution in [0.2, 0.25) is 0 Å². The molecule has 1 rings (SSSR count). The van der Waals surface area contributed by atoms with E-state index in [1.54, 1.807) is 0 Å². The molecule has 4 heteroatoms. The van der Waals surface area contributed by atoms with Gasteiger partial charge in [-0.15, -0.1) is 0 Å². The van der Waals surface area contributed by atoms with Crippen molar-refractivity contribution in [1.82, 2.24) is 5.32 Å². The summed E-state index contributed by atoms with van der Waals surface area (Å²) in [5.41, 5.74) is 0. The van der Waals surface area contributed by atoms with E-state index >= 15 is 0 Å². The number of ether oxygens (including phenoxy) is 2. The second-order valence-electron chi connectivity index (χ2n) is 4.37. The van der Waals surface area contributed by atoms with Crippen molar-refractivity contribution in [2.24, 2.45) is 0 Å². The number of aliphatic hydroxyl groups excluding tert-OH is 1. The van der Waals surface area contributed by atoms with Crippen molar-refractivity contribution in [3.8, 4) is 11.5 Å². The van der Waals surface area contributed by atoms with Crippen molar-refractivity contribution in [3.05, 3.63) is 24.3 Å². The van der Waals surface area contributed by atoms with Crippen LogP contribution < -0.4 is 14.8 Å². The van der Waals surface area contributed by atoms with Crippen LogP contribution in [-0.4, -0.2) is 37.5 Å². The summed E-state index contributed by atoms with van der Waals surface area (Å²) in [6.07, 6.45) is 1.66. The van der Waals surface area contributed by atoms with Crippen LogP contribution in [0.25, 0.3) is 0 Å². The van der Waals surface area contributed by atoms with Gasteiger partial charge in [0, 0.05) is 12.6 Å². The van der Waals surface area contributed by atoms with Crippen molar-refractivity contribution in [2.75, 3.05) is 26.4 Å². The minimum Gasteiger partial charge on any atom is -0.490 e. The lowest BCUT2D eigenvalue weighted by atomic mass is 10.2. The molecule has 0 radical (unpaired) electrons. The van der Waals surface area contributed by atoms with Gasteiger partial charge in [-0.1, -0.05) is 26.0 Å². The largest absolute Gasteiger partial charge is 0.490 e. The van der Waals surface area contributed by atoms with E-state index in [-0.39, 0.29) is 12.6 Å². The van der Waals surface area contributed by atoms with Crippen molar-refractivity contribution in [1.29, 1.82) is 0 Å². The second kappa shape index (κ2) is 9.64. The molecule has 1 unspecified atom stereocenters. The molecule has 0 fully saturated rings. The number of aliphatic hydroxyl groups is 1. The lowest BCUT2D eigenvalue weighted by molar-refractivity contribution is 0.207. The summed E-state index contributed by atoms with van der Waals surface area (Å²) in [7, 11) is 0. The lowest BCUT2D eigenvalue weighted by Crippen LogP contribution is -2.35. The molecular formula is C15H25NO3. The Hall–Kier alpha value is -1.26.